The smallest absolute Gasteiger partial charge is 0.146 e. The monoisotopic (exact) mass is 148 g/mol. The lowest BCUT2D eigenvalue weighted by atomic mass is 10.4. The summed E-state index contributed by atoms with van der Waals surface area (Å²) < 4.78 is 0. The third kappa shape index (κ3) is 2.24. The van der Waals surface area contributed by atoms with E-state index in [1.165, 1.54) is 0 Å². The zero-order valence-corrected chi connectivity index (χ0v) is 5.91. The number of hydrogen-bond donors (Lipinski definition) is 2. The Bertz CT molecular complexity index is 280. The summed E-state index contributed by atoms with van der Waals surface area (Å²) in [5.74, 6) is 5.78. The zero-order valence-electron chi connectivity index (χ0n) is 5.91. The summed E-state index contributed by atoms with van der Waals surface area (Å²) in [6.07, 6.45) is 0. The summed E-state index contributed by atoms with van der Waals surface area (Å²) >= 11 is 0. The van der Waals surface area contributed by atoms with Crippen LogP contribution in [0.15, 0.2) is 12.1 Å². The van der Waals surface area contributed by atoms with Gasteiger partial charge in [0.05, 0.1) is 6.54 Å². The number of aromatic nitrogens is 2. The van der Waals surface area contributed by atoms with Gasteiger partial charge in [0.15, 0.2) is 0 Å². The Kier molecular flexibility index (Phi) is 2.42. The van der Waals surface area contributed by atoms with Crippen LogP contribution in [0.4, 0.5) is 5.82 Å². The van der Waals surface area contributed by atoms with Crippen molar-refractivity contribution >= 4 is 5.82 Å². The molecule has 4 N–H and O–H groups in total. The molecule has 0 bridgehead atoms. The molecule has 0 fully saturated rings. The van der Waals surface area contributed by atoms with Crippen molar-refractivity contribution in [2.24, 2.45) is 5.73 Å². The fourth-order valence-corrected chi connectivity index (χ4v) is 0.551. The van der Waals surface area contributed by atoms with Crippen LogP contribution in [-0.4, -0.2) is 16.7 Å². The maximum atomic E-state index is 5.31. The van der Waals surface area contributed by atoms with Crippen LogP contribution in [0, 0.1) is 11.8 Å². The molecule has 1 aromatic rings. The van der Waals surface area contributed by atoms with Gasteiger partial charge in [0, 0.05) is 0 Å². The molecule has 1 heterocycles. The molecule has 0 aliphatic carbocycles. The summed E-state index contributed by atoms with van der Waals surface area (Å²) in [6.45, 7) is 0.325. The van der Waals surface area contributed by atoms with E-state index < -0.39 is 0 Å². The van der Waals surface area contributed by atoms with E-state index in [4.69, 9.17) is 11.5 Å². The first kappa shape index (κ1) is 7.51. The summed E-state index contributed by atoms with van der Waals surface area (Å²) in [4.78, 5) is 0. The molecule has 0 aromatic carbocycles. The van der Waals surface area contributed by atoms with Crippen molar-refractivity contribution in [3.63, 3.8) is 0 Å². The number of nitrogens with zero attached hydrogens (tertiary/aromatic N) is 2. The van der Waals surface area contributed by atoms with Gasteiger partial charge >= 0.3 is 0 Å². The predicted octanol–water partition coefficient (Wildman–Crippen LogP) is -0.631. The van der Waals surface area contributed by atoms with Crippen molar-refractivity contribution in [1.29, 1.82) is 0 Å². The minimum absolute atomic E-state index is 0.325. The van der Waals surface area contributed by atoms with Gasteiger partial charge in [0.1, 0.15) is 11.5 Å². The molecule has 1 rings (SSSR count). The highest BCUT2D eigenvalue weighted by Gasteiger charge is 1.87. The fraction of sp³-hybridized carbons (Fsp3) is 0.143. The molecule has 0 saturated heterocycles. The first-order valence-corrected chi connectivity index (χ1v) is 3.11. The quantitative estimate of drug-likeness (QED) is 0.480. The number of anilines is 1. The van der Waals surface area contributed by atoms with Gasteiger partial charge in [-0.05, 0) is 18.1 Å². The summed E-state index contributed by atoms with van der Waals surface area (Å²) in [5, 5.41) is 7.33. The standard InChI is InChI=1S/C7H8N4/c8-5-1-2-6-3-4-7(9)11-10-6/h3-4H,5,8H2,(H2,9,11). The Labute approximate surface area is 64.6 Å². The topological polar surface area (TPSA) is 77.8 Å². The second kappa shape index (κ2) is 3.54. The molecular weight excluding hydrogens is 140 g/mol. The fourth-order valence-electron chi connectivity index (χ4n) is 0.551. The number of nitrogens with two attached hydrogens (primary N) is 2. The molecule has 0 spiro atoms. The summed E-state index contributed by atoms with van der Waals surface area (Å²) in [6, 6.07) is 3.35. The lowest BCUT2D eigenvalue weighted by Gasteiger charge is -1.88. The third-order valence-corrected chi connectivity index (χ3v) is 1.00. The first-order chi connectivity index (χ1) is 5.33. The lowest BCUT2D eigenvalue weighted by Crippen LogP contribution is -1.96. The van der Waals surface area contributed by atoms with E-state index in [0.29, 0.717) is 18.1 Å². The average Bonchev–Trinajstić information content (AvgIpc) is 2.04. The van der Waals surface area contributed by atoms with Crippen molar-refractivity contribution in [2.45, 2.75) is 0 Å². The molecule has 11 heavy (non-hydrogen) atoms. The number of nitrogen functional groups attached to an aromatic ring is 1. The highest BCUT2D eigenvalue weighted by atomic mass is 15.1. The van der Waals surface area contributed by atoms with Gasteiger partial charge in [-0.2, -0.15) is 0 Å². The third-order valence-electron chi connectivity index (χ3n) is 1.00. The molecule has 0 saturated carbocycles. The molecule has 1 aromatic heterocycles. The molecular formula is C7H8N4. The Balaban J connectivity index is 2.82. The molecule has 4 nitrogen and oxygen atoms in total. The van der Waals surface area contributed by atoms with Gasteiger partial charge < -0.3 is 11.5 Å². The van der Waals surface area contributed by atoms with E-state index in [2.05, 4.69) is 22.0 Å². The Morgan fingerprint density at radius 3 is 2.73 bits per heavy atom. The van der Waals surface area contributed by atoms with E-state index in [1.54, 1.807) is 12.1 Å². The van der Waals surface area contributed by atoms with Crippen LogP contribution in [0.1, 0.15) is 5.69 Å². The highest BCUT2D eigenvalue weighted by Crippen LogP contribution is 1.93. The van der Waals surface area contributed by atoms with E-state index in [1.807, 2.05) is 0 Å². The maximum Gasteiger partial charge on any atom is 0.146 e. The van der Waals surface area contributed by atoms with Gasteiger partial charge in [0.25, 0.3) is 0 Å². The van der Waals surface area contributed by atoms with E-state index in [0.717, 1.165) is 0 Å². The predicted molar refractivity (Wildman–Crippen MR) is 42.4 cm³/mol. The van der Waals surface area contributed by atoms with Crippen LogP contribution in [0.5, 0.6) is 0 Å². The number of hydrogen-bond acceptors (Lipinski definition) is 4. The molecule has 56 valence electrons. The van der Waals surface area contributed by atoms with E-state index >= 15 is 0 Å². The van der Waals surface area contributed by atoms with Gasteiger partial charge in [-0.1, -0.05) is 5.92 Å². The van der Waals surface area contributed by atoms with E-state index in [-0.39, 0.29) is 0 Å². The Morgan fingerprint density at radius 1 is 1.36 bits per heavy atom. The molecule has 0 aliphatic rings. The van der Waals surface area contributed by atoms with Crippen LogP contribution < -0.4 is 11.5 Å². The maximum absolute atomic E-state index is 5.31. The van der Waals surface area contributed by atoms with Gasteiger partial charge in [-0.15, -0.1) is 10.2 Å². The zero-order chi connectivity index (χ0) is 8.10. The molecule has 0 amide bonds. The van der Waals surface area contributed by atoms with Crippen LogP contribution in [0.25, 0.3) is 0 Å². The van der Waals surface area contributed by atoms with Gasteiger partial charge in [-0.3, -0.25) is 0 Å². The minimum Gasteiger partial charge on any atom is -0.382 e. The second-order valence-corrected chi connectivity index (χ2v) is 1.85. The Hall–Kier alpha value is -1.60. The van der Waals surface area contributed by atoms with Crippen LogP contribution >= 0.6 is 0 Å². The molecule has 0 aliphatic heterocycles. The van der Waals surface area contributed by atoms with Gasteiger partial charge in [-0.25, -0.2) is 0 Å². The van der Waals surface area contributed by atoms with Gasteiger partial charge in [0.2, 0.25) is 0 Å². The van der Waals surface area contributed by atoms with Crippen molar-refractivity contribution in [1.82, 2.24) is 10.2 Å². The second-order valence-electron chi connectivity index (χ2n) is 1.85. The van der Waals surface area contributed by atoms with E-state index in [9.17, 15) is 0 Å². The summed E-state index contributed by atoms with van der Waals surface area (Å²) in [7, 11) is 0. The van der Waals surface area contributed by atoms with Crippen molar-refractivity contribution < 1.29 is 0 Å². The Morgan fingerprint density at radius 2 is 2.18 bits per heavy atom. The first-order valence-electron chi connectivity index (χ1n) is 3.11. The van der Waals surface area contributed by atoms with Crippen molar-refractivity contribution in [2.75, 3.05) is 12.3 Å². The number of rotatable bonds is 0. The lowest BCUT2D eigenvalue weighted by molar-refractivity contribution is 1.02. The molecule has 0 atom stereocenters. The van der Waals surface area contributed by atoms with Crippen LogP contribution in [0.3, 0.4) is 0 Å². The summed E-state index contributed by atoms with van der Waals surface area (Å²) in [5.41, 5.74) is 11.1. The highest BCUT2D eigenvalue weighted by molar-refractivity contribution is 5.32. The minimum atomic E-state index is 0.325. The SMILES string of the molecule is NCC#Cc1ccc(N)nn1. The largest absolute Gasteiger partial charge is 0.382 e. The normalized spacial score (nSPS) is 8.45. The van der Waals surface area contributed by atoms with Crippen molar-refractivity contribution in [3.05, 3.63) is 17.8 Å². The average molecular weight is 148 g/mol. The molecule has 4 heteroatoms. The molecule has 0 radical (unpaired) electrons. The van der Waals surface area contributed by atoms with Crippen LogP contribution in [0.2, 0.25) is 0 Å². The van der Waals surface area contributed by atoms with Crippen LogP contribution in [-0.2, 0) is 0 Å². The molecule has 0 unspecified atom stereocenters. The van der Waals surface area contributed by atoms with Crippen molar-refractivity contribution in [3.8, 4) is 11.8 Å².